The standard InChI is InChI=1S/C18H25N3O4S/c1-12(22)25-17-15(23-2)9-13(10-16(17)24-3)11-19-21-18(26)20-14-7-5-4-6-8-14/h9-11,14H,4-8H2,1-3H3,(H2,20,21,26). The van der Waals surface area contributed by atoms with Crippen molar-refractivity contribution < 1.29 is 19.0 Å². The smallest absolute Gasteiger partial charge is 0.308 e. The van der Waals surface area contributed by atoms with Gasteiger partial charge in [-0.2, -0.15) is 5.10 Å². The number of nitrogens with one attached hydrogen (secondary N) is 2. The lowest BCUT2D eigenvalue weighted by Crippen LogP contribution is -2.40. The maximum Gasteiger partial charge on any atom is 0.308 e. The highest BCUT2D eigenvalue weighted by Crippen LogP contribution is 2.38. The normalized spacial score (nSPS) is 14.7. The Morgan fingerprint density at radius 3 is 2.35 bits per heavy atom. The van der Waals surface area contributed by atoms with Gasteiger partial charge in [0.15, 0.2) is 16.6 Å². The number of methoxy groups -OCH3 is 2. The largest absolute Gasteiger partial charge is 0.493 e. The Hall–Kier alpha value is -2.35. The van der Waals surface area contributed by atoms with E-state index in [0.29, 0.717) is 28.2 Å². The highest BCUT2D eigenvalue weighted by Gasteiger charge is 2.16. The van der Waals surface area contributed by atoms with Crippen LogP contribution < -0.4 is 25.0 Å². The number of thiocarbonyl (C=S) groups is 1. The number of hydrazone groups is 1. The van der Waals surface area contributed by atoms with Crippen LogP contribution in [0, 0.1) is 0 Å². The van der Waals surface area contributed by atoms with Crippen LogP contribution in [0.2, 0.25) is 0 Å². The number of esters is 1. The molecule has 1 aliphatic rings. The van der Waals surface area contributed by atoms with Gasteiger partial charge in [0.1, 0.15) is 0 Å². The summed E-state index contributed by atoms with van der Waals surface area (Å²) in [6.45, 7) is 1.32. The lowest BCUT2D eigenvalue weighted by molar-refractivity contribution is -0.132. The summed E-state index contributed by atoms with van der Waals surface area (Å²) < 4.78 is 15.7. The molecule has 7 nitrogen and oxygen atoms in total. The number of benzene rings is 1. The molecule has 1 aliphatic carbocycles. The zero-order valence-corrected chi connectivity index (χ0v) is 16.1. The summed E-state index contributed by atoms with van der Waals surface area (Å²) in [6.07, 6.45) is 7.63. The third-order valence-electron chi connectivity index (χ3n) is 4.05. The fourth-order valence-corrected chi connectivity index (χ4v) is 3.07. The van der Waals surface area contributed by atoms with Crippen molar-refractivity contribution in [2.75, 3.05) is 14.2 Å². The first-order valence-corrected chi connectivity index (χ1v) is 8.98. The van der Waals surface area contributed by atoms with Crippen molar-refractivity contribution in [3.05, 3.63) is 17.7 Å². The van der Waals surface area contributed by atoms with Crippen LogP contribution in [0.15, 0.2) is 17.2 Å². The SMILES string of the molecule is COc1cc(C=NNC(=S)NC2CCCCC2)cc(OC)c1OC(C)=O. The van der Waals surface area contributed by atoms with Gasteiger partial charge >= 0.3 is 5.97 Å². The quantitative estimate of drug-likeness (QED) is 0.259. The van der Waals surface area contributed by atoms with Crippen molar-refractivity contribution in [3.8, 4) is 17.2 Å². The van der Waals surface area contributed by atoms with E-state index in [2.05, 4.69) is 15.8 Å². The molecule has 0 heterocycles. The molecular formula is C18H25N3O4S. The third kappa shape index (κ3) is 5.87. The Morgan fingerprint density at radius 2 is 1.81 bits per heavy atom. The highest BCUT2D eigenvalue weighted by molar-refractivity contribution is 7.80. The number of hydrogen-bond acceptors (Lipinski definition) is 6. The molecule has 0 radical (unpaired) electrons. The zero-order chi connectivity index (χ0) is 18.9. The van der Waals surface area contributed by atoms with Gasteiger partial charge in [-0.15, -0.1) is 0 Å². The predicted molar refractivity (Wildman–Crippen MR) is 104 cm³/mol. The summed E-state index contributed by atoms with van der Waals surface area (Å²) in [4.78, 5) is 11.3. The van der Waals surface area contributed by atoms with Crippen LogP contribution in [0.1, 0.15) is 44.6 Å². The van der Waals surface area contributed by atoms with Gasteiger partial charge in [-0.25, -0.2) is 0 Å². The summed E-state index contributed by atoms with van der Waals surface area (Å²) in [7, 11) is 2.98. The van der Waals surface area contributed by atoms with Crippen LogP contribution in [0.5, 0.6) is 17.2 Å². The van der Waals surface area contributed by atoms with Gasteiger partial charge in [-0.05, 0) is 37.2 Å². The van der Waals surface area contributed by atoms with Crippen molar-refractivity contribution in [2.45, 2.75) is 45.1 Å². The molecule has 0 aliphatic heterocycles. The molecular weight excluding hydrogens is 354 g/mol. The van der Waals surface area contributed by atoms with E-state index >= 15 is 0 Å². The first-order valence-electron chi connectivity index (χ1n) is 8.57. The van der Waals surface area contributed by atoms with Gasteiger partial charge < -0.3 is 19.5 Å². The Morgan fingerprint density at radius 1 is 1.19 bits per heavy atom. The van der Waals surface area contributed by atoms with Crippen molar-refractivity contribution in [3.63, 3.8) is 0 Å². The van der Waals surface area contributed by atoms with Gasteiger partial charge in [0.25, 0.3) is 0 Å². The molecule has 26 heavy (non-hydrogen) atoms. The van der Waals surface area contributed by atoms with Gasteiger partial charge in [-0.1, -0.05) is 19.3 Å². The van der Waals surface area contributed by atoms with E-state index in [1.165, 1.54) is 40.4 Å². The summed E-state index contributed by atoms with van der Waals surface area (Å²) in [5.41, 5.74) is 3.53. The molecule has 0 saturated heterocycles. The van der Waals surface area contributed by atoms with E-state index in [0.717, 1.165) is 12.8 Å². The van der Waals surface area contributed by atoms with E-state index < -0.39 is 5.97 Å². The van der Waals surface area contributed by atoms with E-state index in [1.54, 1.807) is 18.3 Å². The number of hydrogen-bond donors (Lipinski definition) is 2. The first kappa shape index (κ1) is 20.0. The number of carbonyl (C=O) groups excluding carboxylic acids is 1. The van der Waals surface area contributed by atoms with Crippen molar-refractivity contribution in [2.24, 2.45) is 5.10 Å². The van der Waals surface area contributed by atoms with Gasteiger partial charge in [0, 0.05) is 18.5 Å². The summed E-state index contributed by atoms with van der Waals surface area (Å²) in [6, 6.07) is 3.81. The maximum absolute atomic E-state index is 11.3. The first-order chi connectivity index (χ1) is 12.5. The van der Waals surface area contributed by atoms with Crippen LogP contribution in [0.4, 0.5) is 0 Å². The summed E-state index contributed by atoms with van der Waals surface area (Å²) >= 11 is 5.27. The molecule has 0 spiro atoms. The molecule has 1 fully saturated rings. The van der Waals surface area contributed by atoms with E-state index in [9.17, 15) is 4.79 Å². The second-order valence-electron chi connectivity index (χ2n) is 6.03. The lowest BCUT2D eigenvalue weighted by atomic mass is 9.96. The minimum Gasteiger partial charge on any atom is -0.493 e. The van der Waals surface area contributed by atoms with Crippen LogP contribution >= 0.6 is 12.2 Å². The Balaban J connectivity index is 2.02. The highest BCUT2D eigenvalue weighted by atomic mass is 32.1. The number of rotatable bonds is 6. The number of nitrogens with zero attached hydrogens (tertiary/aromatic N) is 1. The van der Waals surface area contributed by atoms with Crippen LogP contribution in [-0.4, -0.2) is 37.6 Å². The molecule has 142 valence electrons. The fraction of sp³-hybridized carbons (Fsp3) is 0.500. The minimum atomic E-state index is -0.455. The monoisotopic (exact) mass is 379 g/mol. The number of ether oxygens (including phenoxy) is 3. The second-order valence-corrected chi connectivity index (χ2v) is 6.43. The lowest BCUT2D eigenvalue weighted by Gasteiger charge is -2.23. The third-order valence-corrected chi connectivity index (χ3v) is 4.26. The van der Waals surface area contributed by atoms with Gasteiger partial charge in [-0.3, -0.25) is 10.2 Å². The molecule has 0 bridgehead atoms. The molecule has 0 unspecified atom stereocenters. The van der Waals surface area contributed by atoms with Gasteiger partial charge in [0.2, 0.25) is 5.75 Å². The second kappa shape index (κ2) is 9.96. The molecule has 1 aromatic rings. The fourth-order valence-electron chi connectivity index (χ4n) is 2.85. The average Bonchev–Trinajstić information content (AvgIpc) is 2.62. The van der Waals surface area contributed by atoms with Crippen molar-refractivity contribution in [1.29, 1.82) is 0 Å². The van der Waals surface area contributed by atoms with Crippen molar-refractivity contribution >= 4 is 29.5 Å². The van der Waals surface area contributed by atoms with E-state index in [4.69, 9.17) is 26.4 Å². The molecule has 2 N–H and O–H groups in total. The Bertz CT molecular complexity index is 647. The molecule has 8 heteroatoms. The zero-order valence-electron chi connectivity index (χ0n) is 15.3. The van der Waals surface area contributed by atoms with E-state index in [-0.39, 0.29) is 5.75 Å². The van der Waals surface area contributed by atoms with Crippen LogP contribution in [0.25, 0.3) is 0 Å². The van der Waals surface area contributed by atoms with Crippen LogP contribution in [-0.2, 0) is 4.79 Å². The Labute approximate surface area is 159 Å². The van der Waals surface area contributed by atoms with Crippen LogP contribution in [0.3, 0.4) is 0 Å². The van der Waals surface area contributed by atoms with E-state index in [1.807, 2.05) is 0 Å². The van der Waals surface area contributed by atoms with Gasteiger partial charge in [0.05, 0.1) is 20.4 Å². The molecule has 0 amide bonds. The summed E-state index contributed by atoms with van der Waals surface area (Å²) in [5.74, 6) is 0.540. The topological polar surface area (TPSA) is 81.2 Å². The maximum atomic E-state index is 11.3. The molecule has 1 aromatic carbocycles. The Kier molecular flexibility index (Phi) is 7.65. The molecule has 1 saturated carbocycles. The molecule has 2 rings (SSSR count). The summed E-state index contributed by atoms with van der Waals surface area (Å²) in [5, 5.41) is 7.93. The number of carbonyl (C=O) groups is 1. The molecule has 0 atom stereocenters. The minimum absolute atomic E-state index is 0.238. The molecule has 0 aromatic heterocycles. The van der Waals surface area contributed by atoms with Crippen molar-refractivity contribution in [1.82, 2.24) is 10.7 Å². The average molecular weight is 379 g/mol. The predicted octanol–water partition coefficient (Wildman–Crippen LogP) is 2.76.